The van der Waals surface area contributed by atoms with E-state index in [2.05, 4.69) is 19.2 Å². The van der Waals surface area contributed by atoms with E-state index >= 15 is 0 Å². The van der Waals surface area contributed by atoms with Gasteiger partial charge < -0.3 is 16.0 Å². The van der Waals surface area contributed by atoms with Crippen molar-refractivity contribution < 1.29 is 9.59 Å². The number of rotatable bonds is 6. The molecule has 0 aromatic heterocycles. The number of carbonyl (C=O) groups excluding carboxylic acids is 2. The maximum atomic E-state index is 12.0. The first-order chi connectivity index (χ1) is 8.92. The predicted octanol–water partition coefficient (Wildman–Crippen LogP) is 0.735. The second-order valence-corrected chi connectivity index (χ2v) is 6.01. The van der Waals surface area contributed by atoms with Gasteiger partial charge in [-0.3, -0.25) is 9.59 Å². The Kier molecular flexibility index (Phi) is 6.28. The zero-order valence-corrected chi connectivity index (χ0v) is 12.3. The van der Waals surface area contributed by atoms with Crippen molar-refractivity contribution in [1.29, 1.82) is 0 Å². The van der Waals surface area contributed by atoms with E-state index in [-0.39, 0.29) is 23.8 Å². The molecule has 1 aliphatic heterocycles. The van der Waals surface area contributed by atoms with Crippen molar-refractivity contribution in [3.05, 3.63) is 0 Å². The van der Waals surface area contributed by atoms with Crippen molar-refractivity contribution >= 4 is 11.8 Å². The molecule has 1 heterocycles. The first kappa shape index (κ1) is 16.0. The average Bonchev–Trinajstić information content (AvgIpc) is 2.32. The van der Waals surface area contributed by atoms with Crippen molar-refractivity contribution in [2.24, 2.45) is 17.6 Å². The summed E-state index contributed by atoms with van der Waals surface area (Å²) in [6.45, 7) is 5.45. The second-order valence-electron chi connectivity index (χ2n) is 6.01. The number of nitrogens with two attached hydrogens (primary N) is 1. The number of likely N-dealkylation sites (tertiary alicyclic amines) is 1. The van der Waals surface area contributed by atoms with Crippen molar-refractivity contribution in [1.82, 2.24) is 10.2 Å². The molecule has 2 atom stereocenters. The highest BCUT2D eigenvalue weighted by molar-refractivity contribution is 5.79. The molecule has 1 fully saturated rings. The van der Waals surface area contributed by atoms with E-state index in [4.69, 9.17) is 5.73 Å². The Labute approximate surface area is 115 Å². The van der Waals surface area contributed by atoms with Crippen LogP contribution in [-0.4, -0.2) is 42.9 Å². The average molecular weight is 269 g/mol. The van der Waals surface area contributed by atoms with Crippen LogP contribution < -0.4 is 11.1 Å². The molecule has 1 aliphatic rings. The number of nitrogens with one attached hydrogen (secondary N) is 1. The van der Waals surface area contributed by atoms with E-state index in [1.807, 2.05) is 0 Å². The lowest BCUT2D eigenvalue weighted by atomic mass is 9.93. The van der Waals surface area contributed by atoms with Gasteiger partial charge >= 0.3 is 0 Å². The fraction of sp³-hybridized carbons (Fsp3) is 0.857. The van der Waals surface area contributed by atoms with Gasteiger partial charge in [0.1, 0.15) is 0 Å². The SMILES string of the molecule is CC(C)CC(CN)CC(=O)NC1CCC(=O)N(C)C1. The largest absolute Gasteiger partial charge is 0.352 e. The van der Waals surface area contributed by atoms with Gasteiger partial charge in [0.25, 0.3) is 0 Å². The molecule has 2 amide bonds. The van der Waals surface area contributed by atoms with E-state index in [0.717, 1.165) is 12.8 Å². The molecule has 2 unspecified atom stereocenters. The third kappa shape index (κ3) is 5.59. The molecule has 19 heavy (non-hydrogen) atoms. The molecule has 0 bridgehead atoms. The number of hydrogen-bond acceptors (Lipinski definition) is 3. The highest BCUT2D eigenvalue weighted by atomic mass is 16.2. The van der Waals surface area contributed by atoms with Crippen LogP contribution in [0, 0.1) is 11.8 Å². The molecule has 1 saturated heterocycles. The summed E-state index contributed by atoms with van der Waals surface area (Å²) in [7, 11) is 1.78. The molecular weight excluding hydrogens is 242 g/mol. The third-order valence-corrected chi connectivity index (χ3v) is 3.60. The van der Waals surface area contributed by atoms with E-state index in [1.165, 1.54) is 0 Å². The van der Waals surface area contributed by atoms with Gasteiger partial charge in [-0.05, 0) is 31.2 Å². The van der Waals surface area contributed by atoms with Crippen LogP contribution in [0.2, 0.25) is 0 Å². The summed E-state index contributed by atoms with van der Waals surface area (Å²) in [5.41, 5.74) is 5.71. The van der Waals surface area contributed by atoms with Gasteiger partial charge in [0.2, 0.25) is 11.8 Å². The molecular formula is C14H27N3O2. The minimum absolute atomic E-state index is 0.0591. The summed E-state index contributed by atoms with van der Waals surface area (Å²) in [5, 5.41) is 3.02. The number of hydrogen-bond donors (Lipinski definition) is 2. The molecule has 0 spiro atoms. The van der Waals surface area contributed by atoms with Crippen LogP contribution in [-0.2, 0) is 9.59 Å². The maximum absolute atomic E-state index is 12.0. The normalized spacial score (nSPS) is 21.6. The van der Waals surface area contributed by atoms with Crippen LogP contribution in [0.4, 0.5) is 0 Å². The highest BCUT2D eigenvalue weighted by Gasteiger charge is 2.24. The Hall–Kier alpha value is -1.10. The summed E-state index contributed by atoms with van der Waals surface area (Å²) < 4.78 is 0. The Balaban J connectivity index is 2.36. The zero-order valence-electron chi connectivity index (χ0n) is 12.3. The van der Waals surface area contributed by atoms with E-state index in [9.17, 15) is 9.59 Å². The standard InChI is InChI=1S/C14H27N3O2/c1-10(2)6-11(8-15)7-13(18)16-12-4-5-14(19)17(3)9-12/h10-12H,4-9,15H2,1-3H3,(H,16,18). The van der Waals surface area contributed by atoms with Crippen molar-refractivity contribution in [2.75, 3.05) is 20.1 Å². The topological polar surface area (TPSA) is 75.4 Å². The summed E-state index contributed by atoms with van der Waals surface area (Å²) in [6.07, 6.45) is 2.73. The molecule has 5 heteroatoms. The lowest BCUT2D eigenvalue weighted by Crippen LogP contribution is -2.48. The van der Waals surface area contributed by atoms with Gasteiger partial charge in [0.15, 0.2) is 0 Å². The van der Waals surface area contributed by atoms with E-state index in [0.29, 0.717) is 31.8 Å². The molecule has 5 nitrogen and oxygen atoms in total. The molecule has 0 radical (unpaired) electrons. The van der Waals surface area contributed by atoms with Crippen LogP contribution in [0.5, 0.6) is 0 Å². The minimum Gasteiger partial charge on any atom is -0.352 e. The lowest BCUT2D eigenvalue weighted by Gasteiger charge is -2.30. The number of likely N-dealkylation sites (N-methyl/N-ethyl adjacent to an activating group) is 1. The van der Waals surface area contributed by atoms with Crippen molar-refractivity contribution in [3.8, 4) is 0 Å². The van der Waals surface area contributed by atoms with Gasteiger partial charge in [-0.25, -0.2) is 0 Å². The number of amides is 2. The molecule has 0 saturated carbocycles. The van der Waals surface area contributed by atoms with Gasteiger partial charge in [-0.1, -0.05) is 13.8 Å². The van der Waals surface area contributed by atoms with Gasteiger partial charge in [0, 0.05) is 32.5 Å². The summed E-state index contributed by atoms with van der Waals surface area (Å²) in [5.74, 6) is 1.02. The highest BCUT2D eigenvalue weighted by Crippen LogP contribution is 2.15. The Morgan fingerprint density at radius 3 is 2.74 bits per heavy atom. The van der Waals surface area contributed by atoms with Crippen LogP contribution in [0.3, 0.4) is 0 Å². The van der Waals surface area contributed by atoms with Gasteiger partial charge in [0.05, 0.1) is 0 Å². The molecule has 0 aromatic carbocycles. The number of nitrogens with zero attached hydrogens (tertiary/aromatic N) is 1. The van der Waals surface area contributed by atoms with Crippen molar-refractivity contribution in [3.63, 3.8) is 0 Å². The number of carbonyl (C=O) groups is 2. The van der Waals surface area contributed by atoms with Crippen LogP contribution in [0.25, 0.3) is 0 Å². The number of piperidine rings is 1. The predicted molar refractivity (Wildman–Crippen MR) is 75.4 cm³/mol. The summed E-state index contributed by atoms with van der Waals surface area (Å²) in [6, 6.07) is 0.0904. The van der Waals surface area contributed by atoms with Crippen LogP contribution in [0.15, 0.2) is 0 Å². The maximum Gasteiger partial charge on any atom is 0.222 e. The van der Waals surface area contributed by atoms with Crippen LogP contribution in [0.1, 0.15) is 39.5 Å². The zero-order chi connectivity index (χ0) is 14.4. The molecule has 110 valence electrons. The first-order valence-corrected chi connectivity index (χ1v) is 7.15. The Morgan fingerprint density at radius 2 is 2.21 bits per heavy atom. The molecule has 0 aliphatic carbocycles. The Bertz CT molecular complexity index is 318. The van der Waals surface area contributed by atoms with E-state index in [1.54, 1.807) is 11.9 Å². The second kappa shape index (κ2) is 7.48. The lowest BCUT2D eigenvalue weighted by molar-refractivity contribution is -0.134. The third-order valence-electron chi connectivity index (χ3n) is 3.60. The Morgan fingerprint density at radius 1 is 1.53 bits per heavy atom. The molecule has 1 rings (SSSR count). The van der Waals surface area contributed by atoms with Gasteiger partial charge in [-0.2, -0.15) is 0 Å². The monoisotopic (exact) mass is 269 g/mol. The fourth-order valence-corrected chi connectivity index (χ4v) is 2.61. The van der Waals surface area contributed by atoms with Crippen molar-refractivity contribution in [2.45, 2.75) is 45.6 Å². The first-order valence-electron chi connectivity index (χ1n) is 7.15. The van der Waals surface area contributed by atoms with E-state index < -0.39 is 0 Å². The quantitative estimate of drug-likeness (QED) is 0.746. The summed E-state index contributed by atoms with van der Waals surface area (Å²) >= 11 is 0. The molecule has 3 N–H and O–H groups in total. The fourth-order valence-electron chi connectivity index (χ4n) is 2.61. The smallest absolute Gasteiger partial charge is 0.222 e. The summed E-state index contributed by atoms with van der Waals surface area (Å²) in [4.78, 5) is 25.0. The van der Waals surface area contributed by atoms with Gasteiger partial charge in [-0.15, -0.1) is 0 Å². The molecule has 0 aromatic rings. The van der Waals surface area contributed by atoms with Crippen LogP contribution >= 0.6 is 0 Å². The minimum atomic E-state index is 0.0591.